The zero-order valence-corrected chi connectivity index (χ0v) is 12.7. The lowest BCUT2D eigenvalue weighted by atomic mass is 10.00. The highest BCUT2D eigenvalue weighted by atomic mass is 16.5. The van der Waals surface area contributed by atoms with Crippen LogP contribution in [0.3, 0.4) is 0 Å². The standard InChI is InChI=1S/C15H25NO4/c1-5-12(16-8-9-18-2)15(17)11-6-7-13(19-3)14(10-11)20-4/h6-7,10,12,15-17H,5,8-9H2,1-4H3. The Morgan fingerprint density at radius 3 is 2.40 bits per heavy atom. The molecule has 0 spiro atoms. The Morgan fingerprint density at radius 2 is 1.85 bits per heavy atom. The van der Waals surface area contributed by atoms with Crippen molar-refractivity contribution in [2.45, 2.75) is 25.5 Å². The van der Waals surface area contributed by atoms with Crippen molar-refractivity contribution in [3.05, 3.63) is 23.8 Å². The maximum atomic E-state index is 10.5. The van der Waals surface area contributed by atoms with E-state index < -0.39 is 6.10 Å². The third-order valence-corrected chi connectivity index (χ3v) is 3.28. The van der Waals surface area contributed by atoms with Crippen LogP contribution in [0.5, 0.6) is 11.5 Å². The summed E-state index contributed by atoms with van der Waals surface area (Å²) in [5.41, 5.74) is 0.805. The largest absolute Gasteiger partial charge is 0.493 e. The van der Waals surface area contributed by atoms with Crippen LogP contribution >= 0.6 is 0 Å². The van der Waals surface area contributed by atoms with Crippen LogP contribution < -0.4 is 14.8 Å². The molecule has 0 aliphatic heterocycles. The average Bonchev–Trinajstić information content (AvgIpc) is 2.50. The second kappa shape index (κ2) is 8.79. The van der Waals surface area contributed by atoms with Crippen LogP contribution in [-0.4, -0.2) is 45.6 Å². The Labute approximate surface area is 120 Å². The monoisotopic (exact) mass is 283 g/mol. The van der Waals surface area contributed by atoms with E-state index in [9.17, 15) is 5.11 Å². The fourth-order valence-electron chi connectivity index (χ4n) is 2.09. The molecule has 1 aromatic rings. The Morgan fingerprint density at radius 1 is 1.15 bits per heavy atom. The molecule has 20 heavy (non-hydrogen) atoms. The van der Waals surface area contributed by atoms with Crippen LogP contribution in [0.15, 0.2) is 18.2 Å². The molecule has 2 N–H and O–H groups in total. The van der Waals surface area contributed by atoms with Crippen LogP contribution in [-0.2, 0) is 4.74 Å². The molecule has 0 radical (unpaired) electrons. The van der Waals surface area contributed by atoms with Gasteiger partial charge in [0.2, 0.25) is 0 Å². The van der Waals surface area contributed by atoms with Crippen LogP contribution in [0.1, 0.15) is 25.0 Å². The van der Waals surface area contributed by atoms with Crippen molar-refractivity contribution in [1.29, 1.82) is 0 Å². The van der Waals surface area contributed by atoms with Gasteiger partial charge in [-0.1, -0.05) is 13.0 Å². The fraction of sp³-hybridized carbons (Fsp3) is 0.600. The van der Waals surface area contributed by atoms with Crippen molar-refractivity contribution < 1.29 is 19.3 Å². The molecule has 5 nitrogen and oxygen atoms in total. The molecule has 5 heteroatoms. The molecule has 0 amide bonds. The SMILES string of the molecule is CCC(NCCOC)C(O)c1ccc(OC)c(OC)c1. The molecule has 0 saturated carbocycles. The zero-order chi connectivity index (χ0) is 15.0. The molecule has 0 aliphatic rings. The average molecular weight is 283 g/mol. The molecule has 2 atom stereocenters. The van der Waals surface area contributed by atoms with Gasteiger partial charge in [0.05, 0.1) is 26.9 Å². The zero-order valence-electron chi connectivity index (χ0n) is 12.7. The summed E-state index contributed by atoms with van der Waals surface area (Å²) in [6.07, 6.45) is 0.218. The van der Waals surface area contributed by atoms with Crippen LogP contribution in [0.2, 0.25) is 0 Å². The van der Waals surface area contributed by atoms with E-state index in [-0.39, 0.29) is 6.04 Å². The molecule has 0 aromatic heterocycles. The summed E-state index contributed by atoms with van der Waals surface area (Å²) in [4.78, 5) is 0. The lowest BCUT2D eigenvalue weighted by Crippen LogP contribution is -2.36. The first kappa shape index (κ1) is 16.8. The van der Waals surface area contributed by atoms with Gasteiger partial charge in [-0.05, 0) is 24.1 Å². The summed E-state index contributed by atoms with van der Waals surface area (Å²) in [7, 11) is 4.84. The smallest absolute Gasteiger partial charge is 0.161 e. The van der Waals surface area contributed by atoms with Gasteiger partial charge < -0.3 is 24.6 Å². The number of hydrogen-bond donors (Lipinski definition) is 2. The van der Waals surface area contributed by atoms with Crippen LogP contribution in [0, 0.1) is 0 Å². The molecule has 0 fully saturated rings. The van der Waals surface area contributed by atoms with E-state index in [0.717, 1.165) is 12.0 Å². The molecular weight excluding hydrogens is 258 g/mol. The quantitative estimate of drug-likeness (QED) is 0.676. The van der Waals surface area contributed by atoms with E-state index in [1.54, 1.807) is 27.4 Å². The summed E-state index contributed by atoms with van der Waals surface area (Å²) in [5, 5.41) is 13.8. The maximum Gasteiger partial charge on any atom is 0.161 e. The molecular formula is C15H25NO4. The predicted octanol–water partition coefficient (Wildman–Crippen LogP) is 1.75. The van der Waals surface area contributed by atoms with Gasteiger partial charge in [0.25, 0.3) is 0 Å². The van der Waals surface area contributed by atoms with Crippen molar-refractivity contribution in [2.24, 2.45) is 0 Å². The lowest BCUT2D eigenvalue weighted by Gasteiger charge is -2.24. The molecule has 2 unspecified atom stereocenters. The Hall–Kier alpha value is -1.30. The summed E-state index contributed by atoms with van der Waals surface area (Å²) in [6, 6.07) is 5.44. The summed E-state index contributed by atoms with van der Waals surface area (Å²) in [5.74, 6) is 1.28. The molecule has 1 aromatic carbocycles. The number of ether oxygens (including phenoxy) is 3. The van der Waals surface area contributed by atoms with Crippen molar-refractivity contribution >= 4 is 0 Å². The second-order valence-electron chi connectivity index (χ2n) is 4.52. The molecule has 0 bridgehead atoms. The number of methoxy groups -OCH3 is 3. The van der Waals surface area contributed by atoms with Gasteiger partial charge in [0, 0.05) is 19.7 Å². The number of hydrogen-bond acceptors (Lipinski definition) is 5. The first-order valence-corrected chi connectivity index (χ1v) is 6.80. The highest BCUT2D eigenvalue weighted by Gasteiger charge is 2.20. The minimum absolute atomic E-state index is 0.0248. The van der Waals surface area contributed by atoms with Gasteiger partial charge in [-0.2, -0.15) is 0 Å². The van der Waals surface area contributed by atoms with E-state index in [1.807, 2.05) is 19.1 Å². The normalized spacial score (nSPS) is 13.8. The molecule has 0 aliphatic carbocycles. The van der Waals surface area contributed by atoms with E-state index in [0.29, 0.717) is 24.7 Å². The van der Waals surface area contributed by atoms with Crippen molar-refractivity contribution in [3.63, 3.8) is 0 Å². The van der Waals surface area contributed by atoms with Gasteiger partial charge in [0.15, 0.2) is 11.5 Å². The summed E-state index contributed by atoms with van der Waals surface area (Å²) < 4.78 is 15.5. The number of aliphatic hydroxyl groups is 1. The van der Waals surface area contributed by atoms with Gasteiger partial charge in [-0.25, -0.2) is 0 Å². The number of aliphatic hydroxyl groups excluding tert-OH is 1. The van der Waals surface area contributed by atoms with Crippen LogP contribution in [0.25, 0.3) is 0 Å². The van der Waals surface area contributed by atoms with E-state index >= 15 is 0 Å². The highest BCUT2D eigenvalue weighted by Crippen LogP contribution is 2.31. The fourth-order valence-corrected chi connectivity index (χ4v) is 2.09. The molecule has 114 valence electrons. The highest BCUT2D eigenvalue weighted by molar-refractivity contribution is 5.43. The van der Waals surface area contributed by atoms with E-state index in [1.165, 1.54) is 0 Å². The van der Waals surface area contributed by atoms with Gasteiger partial charge in [0.1, 0.15) is 0 Å². The Kier molecular flexibility index (Phi) is 7.36. The van der Waals surface area contributed by atoms with Gasteiger partial charge >= 0.3 is 0 Å². The summed E-state index contributed by atoms with van der Waals surface area (Å²) in [6.45, 7) is 3.36. The number of benzene rings is 1. The number of nitrogens with one attached hydrogen (secondary N) is 1. The van der Waals surface area contributed by atoms with Crippen molar-refractivity contribution in [1.82, 2.24) is 5.32 Å². The second-order valence-corrected chi connectivity index (χ2v) is 4.52. The Bertz CT molecular complexity index is 397. The first-order valence-electron chi connectivity index (χ1n) is 6.80. The molecule has 0 heterocycles. The minimum Gasteiger partial charge on any atom is -0.493 e. The lowest BCUT2D eigenvalue weighted by molar-refractivity contribution is 0.117. The van der Waals surface area contributed by atoms with Crippen molar-refractivity contribution in [2.75, 3.05) is 34.5 Å². The predicted molar refractivity (Wildman–Crippen MR) is 78.5 cm³/mol. The third-order valence-electron chi connectivity index (χ3n) is 3.28. The van der Waals surface area contributed by atoms with Crippen molar-refractivity contribution in [3.8, 4) is 11.5 Å². The van der Waals surface area contributed by atoms with E-state index in [4.69, 9.17) is 14.2 Å². The number of rotatable bonds is 9. The third kappa shape index (κ3) is 4.37. The first-order chi connectivity index (χ1) is 9.67. The maximum absolute atomic E-state index is 10.5. The Balaban J connectivity index is 2.80. The van der Waals surface area contributed by atoms with E-state index in [2.05, 4.69) is 5.32 Å². The van der Waals surface area contributed by atoms with Gasteiger partial charge in [-0.3, -0.25) is 0 Å². The topological polar surface area (TPSA) is 60.0 Å². The molecule has 0 saturated heterocycles. The van der Waals surface area contributed by atoms with Crippen LogP contribution in [0.4, 0.5) is 0 Å². The minimum atomic E-state index is -0.600. The molecule has 1 rings (SSSR count). The van der Waals surface area contributed by atoms with Gasteiger partial charge in [-0.15, -0.1) is 0 Å². The summed E-state index contributed by atoms with van der Waals surface area (Å²) >= 11 is 0.